The summed E-state index contributed by atoms with van der Waals surface area (Å²) < 4.78 is 11.4. The van der Waals surface area contributed by atoms with Crippen LogP contribution in [-0.2, 0) is 9.53 Å². The number of aromatic nitrogens is 4. The lowest BCUT2D eigenvalue weighted by Gasteiger charge is -2.31. The number of carbonyl (C=O) groups excluding carboxylic acids is 1. The molecule has 2 aromatic heterocycles. The summed E-state index contributed by atoms with van der Waals surface area (Å²) in [7, 11) is 0. The van der Waals surface area contributed by atoms with Crippen molar-refractivity contribution in [3.63, 3.8) is 0 Å². The lowest BCUT2D eigenvalue weighted by Crippen LogP contribution is -2.38. The molecule has 3 aromatic rings. The zero-order valence-corrected chi connectivity index (χ0v) is 21.1. The van der Waals surface area contributed by atoms with Gasteiger partial charge in [0.05, 0.1) is 19.5 Å². The summed E-state index contributed by atoms with van der Waals surface area (Å²) in [5.74, 6) is 1.72. The summed E-state index contributed by atoms with van der Waals surface area (Å²) in [5, 5.41) is 6.86. The number of morpholine rings is 1. The summed E-state index contributed by atoms with van der Waals surface area (Å²) in [6, 6.07) is 7.88. The van der Waals surface area contributed by atoms with Gasteiger partial charge in [-0.2, -0.15) is 9.97 Å². The number of primary amides is 1. The summed E-state index contributed by atoms with van der Waals surface area (Å²) in [4.78, 5) is 30.7. The minimum absolute atomic E-state index is 0.108. The van der Waals surface area contributed by atoms with Gasteiger partial charge in [0, 0.05) is 43.9 Å². The number of imidazole rings is 1. The van der Waals surface area contributed by atoms with Crippen LogP contribution in [0.25, 0.3) is 11.2 Å². The lowest BCUT2D eigenvalue weighted by atomic mass is 9.83. The first-order chi connectivity index (χ1) is 18.0. The Kier molecular flexibility index (Phi) is 7.81. The molecule has 2 aliphatic rings. The van der Waals surface area contributed by atoms with E-state index in [4.69, 9.17) is 20.2 Å². The maximum atomic E-state index is 11.5. The Morgan fingerprint density at radius 1 is 1.30 bits per heavy atom. The Labute approximate surface area is 215 Å². The molecular formula is C26H34N8O3. The third-order valence-electron chi connectivity index (χ3n) is 6.93. The number of amides is 1. The van der Waals surface area contributed by atoms with Crippen molar-refractivity contribution in [3.05, 3.63) is 42.2 Å². The number of rotatable bonds is 10. The van der Waals surface area contributed by atoms with Crippen molar-refractivity contribution in [2.45, 2.75) is 32.2 Å². The van der Waals surface area contributed by atoms with E-state index in [9.17, 15) is 4.79 Å². The van der Waals surface area contributed by atoms with Crippen molar-refractivity contribution in [1.82, 2.24) is 24.8 Å². The molecule has 1 aliphatic heterocycles. The van der Waals surface area contributed by atoms with Crippen LogP contribution >= 0.6 is 0 Å². The second-order valence-electron chi connectivity index (χ2n) is 9.49. The van der Waals surface area contributed by atoms with Crippen LogP contribution in [0.15, 0.2) is 42.2 Å². The molecule has 11 heteroatoms. The molecule has 1 fully saturated rings. The van der Waals surface area contributed by atoms with Gasteiger partial charge in [-0.05, 0) is 30.9 Å². The maximum absolute atomic E-state index is 11.5. The van der Waals surface area contributed by atoms with Crippen LogP contribution in [0.2, 0.25) is 0 Å². The number of fused-ring (bicyclic) bond motifs is 1. The third-order valence-corrected chi connectivity index (χ3v) is 6.93. The lowest BCUT2D eigenvalue weighted by molar-refractivity contribution is -0.117. The van der Waals surface area contributed by atoms with E-state index in [0.29, 0.717) is 24.0 Å². The minimum Gasteiger partial charge on any atom is -0.492 e. The van der Waals surface area contributed by atoms with Gasteiger partial charge in [0.1, 0.15) is 17.9 Å². The summed E-state index contributed by atoms with van der Waals surface area (Å²) in [6.45, 7) is 7.03. The van der Waals surface area contributed by atoms with Gasteiger partial charge in [-0.15, -0.1) is 0 Å². The van der Waals surface area contributed by atoms with Crippen LogP contribution in [0.4, 0.5) is 17.5 Å². The Morgan fingerprint density at radius 2 is 2.16 bits per heavy atom. The monoisotopic (exact) mass is 506 g/mol. The molecule has 5 rings (SSSR count). The fraction of sp³-hybridized carbons (Fsp3) is 0.462. The Bertz CT molecular complexity index is 1250. The molecule has 0 bridgehead atoms. The number of nitrogens with one attached hydrogen (secondary N) is 3. The standard InChI is InChI=1S/C26H34N8O3/c1-17-18(14-22(27)35)4-2-7-21(17)31-25-23-24(29-16-28-23)32-26(33-25)30-19-5-3-6-20(15-19)37-13-10-34-8-11-36-12-9-34/h3-6,15-17,21H,2,7-14H2,1H3,(H2,27,35)(H3,28,29,30,31,32,33)/t17-,21+/m0/s1. The van der Waals surface area contributed by atoms with Crippen molar-refractivity contribution < 1.29 is 14.3 Å². The molecule has 1 amide bonds. The van der Waals surface area contributed by atoms with Gasteiger partial charge in [-0.25, -0.2) is 4.98 Å². The first-order valence-electron chi connectivity index (χ1n) is 12.8. The molecule has 11 nitrogen and oxygen atoms in total. The van der Waals surface area contributed by atoms with Gasteiger partial charge in [0.2, 0.25) is 11.9 Å². The maximum Gasteiger partial charge on any atom is 0.231 e. The number of hydrogen-bond acceptors (Lipinski definition) is 9. The molecule has 0 radical (unpaired) electrons. The molecule has 0 saturated carbocycles. The van der Waals surface area contributed by atoms with Gasteiger partial charge >= 0.3 is 0 Å². The van der Waals surface area contributed by atoms with E-state index in [1.165, 1.54) is 0 Å². The number of hydrogen-bond donors (Lipinski definition) is 4. The Balaban J connectivity index is 1.27. The number of nitrogens with zero attached hydrogens (tertiary/aromatic N) is 4. The highest BCUT2D eigenvalue weighted by molar-refractivity contribution is 5.84. The highest BCUT2D eigenvalue weighted by atomic mass is 16.5. The highest BCUT2D eigenvalue weighted by Crippen LogP contribution is 2.31. The van der Waals surface area contributed by atoms with Crippen LogP contribution in [0.1, 0.15) is 26.2 Å². The van der Waals surface area contributed by atoms with Gasteiger partial charge < -0.3 is 30.8 Å². The molecule has 37 heavy (non-hydrogen) atoms. The summed E-state index contributed by atoms with van der Waals surface area (Å²) >= 11 is 0. The van der Waals surface area contributed by atoms with E-state index in [2.05, 4.69) is 43.5 Å². The van der Waals surface area contributed by atoms with Crippen LogP contribution in [0, 0.1) is 5.92 Å². The number of carbonyl (C=O) groups is 1. The molecule has 196 valence electrons. The predicted molar refractivity (Wildman–Crippen MR) is 142 cm³/mol. The molecular weight excluding hydrogens is 472 g/mol. The topological polar surface area (TPSA) is 143 Å². The van der Waals surface area contributed by atoms with Crippen LogP contribution in [-0.4, -0.2) is 76.2 Å². The van der Waals surface area contributed by atoms with E-state index in [1.54, 1.807) is 6.33 Å². The smallest absolute Gasteiger partial charge is 0.231 e. The Hall–Kier alpha value is -3.70. The van der Waals surface area contributed by atoms with Crippen molar-refractivity contribution in [3.8, 4) is 5.75 Å². The van der Waals surface area contributed by atoms with Crippen molar-refractivity contribution in [1.29, 1.82) is 0 Å². The average Bonchev–Trinajstić information content (AvgIpc) is 3.36. The zero-order chi connectivity index (χ0) is 25.6. The molecule has 0 spiro atoms. The number of aromatic amines is 1. The van der Waals surface area contributed by atoms with Crippen LogP contribution < -0.4 is 21.1 Å². The average molecular weight is 507 g/mol. The second kappa shape index (κ2) is 11.6. The van der Waals surface area contributed by atoms with E-state index in [0.717, 1.165) is 68.2 Å². The predicted octanol–water partition coefficient (Wildman–Crippen LogP) is 2.82. The molecule has 2 atom stereocenters. The van der Waals surface area contributed by atoms with E-state index in [1.807, 2.05) is 24.3 Å². The second-order valence-corrected chi connectivity index (χ2v) is 9.49. The van der Waals surface area contributed by atoms with E-state index < -0.39 is 0 Å². The molecule has 0 unspecified atom stereocenters. The van der Waals surface area contributed by atoms with Gasteiger partial charge in [-0.1, -0.05) is 24.6 Å². The number of H-pyrrole nitrogens is 1. The quantitative estimate of drug-likeness (QED) is 0.305. The zero-order valence-electron chi connectivity index (χ0n) is 21.1. The molecule has 5 N–H and O–H groups in total. The third kappa shape index (κ3) is 6.36. The largest absolute Gasteiger partial charge is 0.492 e. The highest BCUT2D eigenvalue weighted by Gasteiger charge is 2.26. The van der Waals surface area contributed by atoms with Gasteiger partial charge in [0.25, 0.3) is 0 Å². The van der Waals surface area contributed by atoms with Crippen LogP contribution in [0.3, 0.4) is 0 Å². The molecule has 1 aliphatic carbocycles. The van der Waals surface area contributed by atoms with Crippen molar-refractivity contribution in [2.24, 2.45) is 11.7 Å². The van der Waals surface area contributed by atoms with Gasteiger partial charge in [-0.3, -0.25) is 9.69 Å². The fourth-order valence-corrected chi connectivity index (χ4v) is 4.85. The van der Waals surface area contributed by atoms with Crippen LogP contribution in [0.5, 0.6) is 5.75 Å². The van der Waals surface area contributed by atoms with E-state index >= 15 is 0 Å². The van der Waals surface area contributed by atoms with Crippen molar-refractivity contribution >= 4 is 34.5 Å². The number of anilines is 3. The minimum atomic E-state index is -0.310. The first kappa shape index (κ1) is 25.0. The molecule has 1 aromatic carbocycles. The number of ether oxygens (including phenoxy) is 2. The normalized spacial score (nSPS) is 20.4. The molecule has 3 heterocycles. The Morgan fingerprint density at radius 3 is 3.00 bits per heavy atom. The number of nitrogens with two attached hydrogens (primary N) is 1. The van der Waals surface area contributed by atoms with Crippen molar-refractivity contribution in [2.75, 3.05) is 50.1 Å². The van der Waals surface area contributed by atoms with Gasteiger partial charge in [0.15, 0.2) is 11.5 Å². The first-order valence-corrected chi connectivity index (χ1v) is 12.8. The summed E-state index contributed by atoms with van der Waals surface area (Å²) in [5.41, 5.74) is 8.64. The van der Waals surface area contributed by atoms with E-state index in [-0.39, 0.29) is 24.3 Å². The fourth-order valence-electron chi connectivity index (χ4n) is 4.85. The molecule has 1 saturated heterocycles. The number of allylic oxidation sites excluding steroid dienone is 1. The SMILES string of the molecule is C[C@H]1C(CC(N)=O)=CCC[C@H]1Nc1nc(Nc2cccc(OCCN3CCOCC3)c2)nc2nc[nH]c12. The number of benzene rings is 1. The summed E-state index contributed by atoms with van der Waals surface area (Å²) in [6.07, 6.45) is 5.82.